The molecule has 1 N–H and O–H groups in total. The molecule has 0 aliphatic heterocycles. The number of hydrogen-bond acceptors (Lipinski definition) is 1. The molecule has 0 unspecified atom stereocenters. The van der Waals surface area contributed by atoms with Gasteiger partial charge in [-0.05, 0) is 36.5 Å². The molecule has 0 radical (unpaired) electrons. The Morgan fingerprint density at radius 3 is 2.65 bits per heavy atom. The summed E-state index contributed by atoms with van der Waals surface area (Å²) in [6.45, 7) is 5.22. The Kier molecular flexibility index (Phi) is 6.26. The number of allylic oxidation sites excluding steroid dienone is 1. The van der Waals surface area contributed by atoms with Gasteiger partial charge in [0.05, 0.1) is 0 Å². The molecule has 3 nitrogen and oxygen atoms in total. The number of fused-ring (bicyclic) bond motifs is 1. The predicted octanol–water partition coefficient (Wildman–Crippen LogP) is 4.70. The largest absolute Gasteiger partial charge is 0.356 e. The summed E-state index contributed by atoms with van der Waals surface area (Å²) < 4.78 is 2.30. The molecule has 2 aromatic carbocycles. The number of aromatic nitrogens is 1. The summed E-state index contributed by atoms with van der Waals surface area (Å²) in [5, 5.41) is 4.30. The third-order valence-electron chi connectivity index (χ3n) is 4.60. The topological polar surface area (TPSA) is 34.0 Å². The lowest BCUT2D eigenvalue weighted by atomic mass is 10.1. The normalized spacial score (nSPS) is 10.8. The molecule has 1 amide bonds. The van der Waals surface area contributed by atoms with Crippen molar-refractivity contribution in [1.82, 2.24) is 9.88 Å². The molecule has 3 aromatic rings. The maximum atomic E-state index is 11.9. The molecule has 0 saturated carbocycles. The number of hydrogen-bond donors (Lipinski definition) is 1. The van der Waals surface area contributed by atoms with E-state index >= 15 is 0 Å². The second kappa shape index (κ2) is 9.04. The first kappa shape index (κ1) is 18.0. The third kappa shape index (κ3) is 4.63. The van der Waals surface area contributed by atoms with E-state index in [2.05, 4.69) is 71.2 Å². The van der Waals surface area contributed by atoms with Crippen LogP contribution in [0.25, 0.3) is 10.9 Å². The number of rotatable bonds is 9. The number of nitrogens with zero attached hydrogens (tertiary/aromatic N) is 1. The van der Waals surface area contributed by atoms with E-state index in [1.807, 2.05) is 12.1 Å². The molecular weight excluding hydrogens is 320 g/mol. The van der Waals surface area contributed by atoms with Crippen molar-refractivity contribution in [3.63, 3.8) is 0 Å². The van der Waals surface area contributed by atoms with Gasteiger partial charge in [-0.2, -0.15) is 0 Å². The fourth-order valence-electron chi connectivity index (χ4n) is 3.26. The van der Waals surface area contributed by atoms with E-state index in [1.54, 1.807) is 0 Å². The first-order valence-corrected chi connectivity index (χ1v) is 9.26. The molecule has 134 valence electrons. The fourth-order valence-corrected chi connectivity index (χ4v) is 3.26. The van der Waals surface area contributed by atoms with E-state index in [-0.39, 0.29) is 5.91 Å². The van der Waals surface area contributed by atoms with Crippen LogP contribution in [0, 0.1) is 0 Å². The van der Waals surface area contributed by atoms with Crippen LogP contribution in [0.1, 0.15) is 30.4 Å². The summed E-state index contributed by atoms with van der Waals surface area (Å²) in [5.41, 5.74) is 3.81. The van der Waals surface area contributed by atoms with Crippen molar-refractivity contribution < 1.29 is 4.79 Å². The van der Waals surface area contributed by atoms with E-state index in [9.17, 15) is 4.79 Å². The van der Waals surface area contributed by atoms with Crippen LogP contribution < -0.4 is 5.32 Å². The SMILES string of the molecule is C=CCCCC(=O)NCCc1cn(Cc2ccccc2)c2ccccc12. The highest BCUT2D eigenvalue weighted by atomic mass is 16.1. The van der Waals surface area contributed by atoms with Gasteiger partial charge >= 0.3 is 0 Å². The summed E-state index contributed by atoms with van der Waals surface area (Å²) in [4.78, 5) is 11.9. The summed E-state index contributed by atoms with van der Waals surface area (Å²) >= 11 is 0. The van der Waals surface area contributed by atoms with Crippen molar-refractivity contribution in [3.05, 3.63) is 84.6 Å². The molecule has 26 heavy (non-hydrogen) atoms. The highest BCUT2D eigenvalue weighted by Crippen LogP contribution is 2.22. The molecule has 0 bridgehead atoms. The Morgan fingerprint density at radius 2 is 1.85 bits per heavy atom. The van der Waals surface area contributed by atoms with Gasteiger partial charge in [0, 0.05) is 36.6 Å². The Balaban J connectivity index is 1.67. The smallest absolute Gasteiger partial charge is 0.220 e. The molecular formula is C23H26N2O. The molecule has 0 spiro atoms. The maximum absolute atomic E-state index is 11.9. The zero-order valence-corrected chi connectivity index (χ0v) is 15.2. The van der Waals surface area contributed by atoms with Gasteiger partial charge in [0.2, 0.25) is 5.91 Å². The molecule has 3 rings (SSSR count). The number of unbranched alkanes of at least 4 members (excludes halogenated alkanes) is 1. The molecule has 1 aromatic heterocycles. The maximum Gasteiger partial charge on any atom is 0.220 e. The van der Waals surface area contributed by atoms with Crippen molar-refractivity contribution >= 4 is 16.8 Å². The number of para-hydroxylation sites is 1. The number of carbonyl (C=O) groups excluding carboxylic acids is 1. The van der Waals surface area contributed by atoms with Gasteiger partial charge in [0.1, 0.15) is 0 Å². The van der Waals surface area contributed by atoms with Gasteiger partial charge in [-0.15, -0.1) is 6.58 Å². The van der Waals surface area contributed by atoms with E-state index in [4.69, 9.17) is 0 Å². The van der Waals surface area contributed by atoms with E-state index in [1.165, 1.54) is 22.0 Å². The number of amides is 1. The van der Waals surface area contributed by atoms with Gasteiger partial charge in [-0.3, -0.25) is 4.79 Å². The second-order valence-electron chi connectivity index (χ2n) is 6.57. The number of nitrogens with one attached hydrogen (secondary N) is 1. The van der Waals surface area contributed by atoms with E-state index in [0.29, 0.717) is 13.0 Å². The van der Waals surface area contributed by atoms with Crippen LogP contribution in [0.4, 0.5) is 0 Å². The summed E-state index contributed by atoms with van der Waals surface area (Å²) in [6.07, 6.45) is 7.25. The zero-order chi connectivity index (χ0) is 18.2. The van der Waals surface area contributed by atoms with Crippen molar-refractivity contribution in [1.29, 1.82) is 0 Å². The lowest BCUT2D eigenvalue weighted by molar-refractivity contribution is -0.121. The molecule has 0 atom stereocenters. The van der Waals surface area contributed by atoms with Gasteiger partial charge in [0.25, 0.3) is 0 Å². The number of benzene rings is 2. The highest BCUT2D eigenvalue weighted by molar-refractivity contribution is 5.84. The summed E-state index contributed by atoms with van der Waals surface area (Å²) in [6, 6.07) is 19.0. The standard InChI is InChI=1S/C23H26N2O/c1-2-3-5-14-23(26)24-16-15-20-18-25(17-19-10-6-4-7-11-19)22-13-9-8-12-21(20)22/h2,4,6-13,18H,1,3,5,14-17H2,(H,24,26). The Labute approximate surface area is 155 Å². The van der Waals surface area contributed by atoms with Crippen LogP contribution in [0.15, 0.2) is 73.4 Å². The molecule has 0 aliphatic rings. The lowest BCUT2D eigenvalue weighted by Crippen LogP contribution is -2.25. The third-order valence-corrected chi connectivity index (χ3v) is 4.60. The minimum atomic E-state index is 0.125. The van der Waals surface area contributed by atoms with Crippen molar-refractivity contribution in [2.75, 3.05) is 6.54 Å². The van der Waals surface area contributed by atoms with E-state index in [0.717, 1.165) is 25.8 Å². The number of carbonyl (C=O) groups is 1. The van der Waals surface area contributed by atoms with Gasteiger partial charge < -0.3 is 9.88 Å². The van der Waals surface area contributed by atoms with E-state index < -0.39 is 0 Å². The average Bonchev–Trinajstić information content (AvgIpc) is 3.01. The second-order valence-corrected chi connectivity index (χ2v) is 6.57. The Hall–Kier alpha value is -2.81. The van der Waals surface area contributed by atoms with Crippen LogP contribution in [0.2, 0.25) is 0 Å². The van der Waals surface area contributed by atoms with Crippen LogP contribution >= 0.6 is 0 Å². The van der Waals surface area contributed by atoms with Crippen molar-refractivity contribution in [2.45, 2.75) is 32.2 Å². The average molecular weight is 346 g/mol. The molecule has 1 heterocycles. The Morgan fingerprint density at radius 1 is 1.08 bits per heavy atom. The van der Waals surface area contributed by atoms with Crippen LogP contribution in [0.5, 0.6) is 0 Å². The first-order valence-electron chi connectivity index (χ1n) is 9.26. The van der Waals surface area contributed by atoms with Gasteiger partial charge in [-0.1, -0.05) is 54.6 Å². The lowest BCUT2D eigenvalue weighted by Gasteiger charge is -2.05. The molecule has 3 heteroatoms. The summed E-state index contributed by atoms with van der Waals surface area (Å²) in [5.74, 6) is 0.125. The van der Waals surface area contributed by atoms with Gasteiger partial charge in [-0.25, -0.2) is 0 Å². The molecule has 0 saturated heterocycles. The zero-order valence-electron chi connectivity index (χ0n) is 15.2. The minimum Gasteiger partial charge on any atom is -0.356 e. The van der Waals surface area contributed by atoms with Crippen LogP contribution in [0.3, 0.4) is 0 Å². The molecule has 0 aliphatic carbocycles. The highest BCUT2D eigenvalue weighted by Gasteiger charge is 2.09. The monoisotopic (exact) mass is 346 g/mol. The van der Waals surface area contributed by atoms with Crippen LogP contribution in [-0.2, 0) is 17.8 Å². The fraction of sp³-hybridized carbons (Fsp3) is 0.261. The molecule has 0 fully saturated rings. The first-order chi connectivity index (χ1) is 12.8. The predicted molar refractivity (Wildman–Crippen MR) is 108 cm³/mol. The van der Waals surface area contributed by atoms with Gasteiger partial charge in [0.15, 0.2) is 0 Å². The minimum absolute atomic E-state index is 0.125. The van der Waals surface area contributed by atoms with Crippen molar-refractivity contribution in [3.8, 4) is 0 Å². The van der Waals surface area contributed by atoms with Crippen LogP contribution in [-0.4, -0.2) is 17.0 Å². The Bertz CT molecular complexity index is 864. The quantitative estimate of drug-likeness (QED) is 0.442. The summed E-state index contributed by atoms with van der Waals surface area (Å²) in [7, 11) is 0. The van der Waals surface area contributed by atoms with Crippen molar-refractivity contribution in [2.24, 2.45) is 0 Å².